The van der Waals surface area contributed by atoms with E-state index in [1.807, 2.05) is 0 Å². The van der Waals surface area contributed by atoms with Gasteiger partial charge in [-0.15, -0.1) is 11.8 Å². The van der Waals surface area contributed by atoms with Gasteiger partial charge in [0.2, 0.25) is 0 Å². The largest absolute Gasteiger partial charge is 0.359 e. The highest BCUT2D eigenvalue weighted by Crippen LogP contribution is 2.22. The summed E-state index contributed by atoms with van der Waals surface area (Å²) in [6, 6.07) is 17.2. The third-order valence-electron chi connectivity index (χ3n) is 3.89. The van der Waals surface area contributed by atoms with Crippen molar-refractivity contribution in [1.29, 1.82) is 0 Å². The molecule has 0 fully saturated rings. The fourth-order valence-corrected chi connectivity index (χ4v) is 2.85. The molecule has 2 rings (SSSR count). The lowest BCUT2D eigenvalue weighted by Crippen LogP contribution is -2.34. The minimum Gasteiger partial charge on any atom is -0.359 e. The van der Waals surface area contributed by atoms with Gasteiger partial charge in [-0.05, 0) is 52.7 Å². The predicted octanol–water partition coefficient (Wildman–Crippen LogP) is 5.51. The van der Waals surface area contributed by atoms with Crippen molar-refractivity contribution >= 4 is 29.1 Å². The molecule has 0 radical (unpaired) electrons. The average Bonchev–Trinajstić information content (AvgIpc) is 2.58. The summed E-state index contributed by atoms with van der Waals surface area (Å²) in [5, 5.41) is 7.21. The molecule has 0 unspecified atom stereocenters. The molecule has 0 spiro atoms. The molecule has 2 nitrogen and oxygen atoms in total. The lowest BCUT2D eigenvalue weighted by molar-refractivity contribution is 0.590. The lowest BCUT2D eigenvalue weighted by Gasteiger charge is -2.19. The number of hydrogen-bond donors (Lipinski definition) is 2. The lowest BCUT2D eigenvalue weighted by atomic mass is 9.87. The zero-order valence-electron chi connectivity index (χ0n) is 14.8. The van der Waals surface area contributed by atoms with Crippen LogP contribution >= 0.6 is 24.0 Å². The summed E-state index contributed by atoms with van der Waals surface area (Å²) in [6.45, 7) is 8.16. The van der Waals surface area contributed by atoms with E-state index in [0.29, 0.717) is 5.11 Å². The SMILES string of the molecule is C.CSc1ccc(CNC(=S)NCc2ccc(C(C)(C)C)cc2)cc1. The molecule has 0 aliphatic carbocycles. The molecule has 0 atom stereocenters. The van der Waals surface area contributed by atoms with Crippen molar-refractivity contribution in [3.05, 3.63) is 65.2 Å². The predicted molar refractivity (Wildman–Crippen MR) is 116 cm³/mol. The summed E-state index contributed by atoms with van der Waals surface area (Å²) >= 11 is 7.11. The van der Waals surface area contributed by atoms with Crippen molar-refractivity contribution in [2.45, 2.75) is 51.6 Å². The molecule has 0 amide bonds. The van der Waals surface area contributed by atoms with E-state index < -0.39 is 0 Å². The van der Waals surface area contributed by atoms with Gasteiger partial charge in [0, 0.05) is 18.0 Å². The maximum absolute atomic E-state index is 5.36. The Morgan fingerprint density at radius 1 is 0.880 bits per heavy atom. The fourth-order valence-electron chi connectivity index (χ4n) is 2.29. The number of nitrogens with one attached hydrogen (secondary N) is 2. The third kappa shape index (κ3) is 7.09. The van der Waals surface area contributed by atoms with Crippen LogP contribution in [0.2, 0.25) is 0 Å². The zero-order chi connectivity index (χ0) is 17.6. The van der Waals surface area contributed by atoms with E-state index in [4.69, 9.17) is 12.2 Å². The summed E-state index contributed by atoms with van der Waals surface area (Å²) in [5.74, 6) is 0. The molecular formula is C21H30N2S2. The van der Waals surface area contributed by atoms with Crippen LogP contribution in [0.5, 0.6) is 0 Å². The van der Waals surface area contributed by atoms with E-state index in [1.165, 1.54) is 21.6 Å². The minimum atomic E-state index is 0. The second-order valence-corrected chi connectivity index (χ2v) is 8.12. The topological polar surface area (TPSA) is 24.1 Å². The Morgan fingerprint density at radius 2 is 1.32 bits per heavy atom. The fraction of sp³-hybridized carbons (Fsp3) is 0.381. The van der Waals surface area contributed by atoms with Crippen LogP contribution in [0.1, 0.15) is 44.9 Å². The van der Waals surface area contributed by atoms with Gasteiger partial charge >= 0.3 is 0 Å². The molecule has 0 aliphatic rings. The zero-order valence-corrected chi connectivity index (χ0v) is 16.5. The molecular weight excluding hydrogens is 344 g/mol. The molecule has 0 aromatic heterocycles. The number of rotatable bonds is 5. The minimum absolute atomic E-state index is 0. The van der Waals surface area contributed by atoms with E-state index in [9.17, 15) is 0 Å². The van der Waals surface area contributed by atoms with Crippen molar-refractivity contribution in [2.24, 2.45) is 0 Å². The van der Waals surface area contributed by atoms with Gasteiger partial charge in [-0.3, -0.25) is 0 Å². The van der Waals surface area contributed by atoms with Crippen molar-refractivity contribution in [3.63, 3.8) is 0 Å². The van der Waals surface area contributed by atoms with Gasteiger partial charge in [-0.25, -0.2) is 0 Å². The summed E-state index contributed by atoms with van der Waals surface area (Å²) < 4.78 is 0. The highest BCUT2D eigenvalue weighted by Gasteiger charge is 2.12. The smallest absolute Gasteiger partial charge is 0.166 e. The van der Waals surface area contributed by atoms with Gasteiger partial charge < -0.3 is 10.6 Å². The molecule has 2 N–H and O–H groups in total. The Labute approximate surface area is 162 Å². The van der Waals surface area contributed by atoms with E-state index in [1.54, 1.807) is 11.8 Å². The summed E-state index contributed by atoms with van der Waals surface area (Å²) in [5.41, 5.74) is 4.00. The average molecular weight is 375 g/mol. The molecule has 136 valence electrons. The van der Waals surface area contributed by atoms with Crippen LogP contribution in [0.15, 0.2) is 53.4 Å². The molecule has 4 heteroatoms. The number of hydrogen-bond acceptors (Lipinski definition) is 2. The molecule has 0 aliphatic heterocycles. The third-order valence-corrected chi connectivity index (χ3v) is 4.92. The maximum Gasteiger partial charge on any atom is 0.166 e. The van der Waals surface area contributed by atoms with Crippen LogP contribution < -0.4 is 10.6 Å². The number of thiocarbonyl (C=S) groups is 1. The first-order valence-corrected chi connectivity index (χ1v) is 9.76. The molecule has 25 heavy (non-hydrogen) atoms. The van der Waals surface area contributed by atoms with Gasteiger partial charge in [-0.2, -0.15) is 0 Å². The highest BCUT2D eigenvalue weighted by molar-refractivity contribution is 7.98. The van der Waals surface area contributed by atoms with Crippen molar-refractivity contribution < 1.29 is 0 Å². The van der Waals surface area contributed by atoms with E-state index in [0.717, 1.165) is 13.1 Å². The molecule has 0 saturated carbocycles. The van der Waals surface area contributed by atoms with Gasteiger partial charge in [0.1, 0.15) is 0 Å². The summed E-state index contributed by atoms with van der Waals surface area (Å²) in [4.78, 5) is 1.28. The molecule has 0 saturated heterocycles. The molecule has 2 aromatic carbocycles. The van der Waals surface area contributed by atoms with Gasteiger partial charge in [0.05, 0.1) is 0 Å². The van der Waals surface area contributed by atoms with Gasteiger partial charge in [0.15, 0.2) is 5.11 Å². The standard InChI is InChI=1S/C20H26N2S2.CH4/c1-20(2,3)17-9-5-15(6-10-17)13-21-19(23)22-14-16-7-11-18(24-4)12-8-16;/h5-12H,13-14H2,1-4H3,(H2,21,22,23);1H4. The van der Waals surface area contributed by atoms with Crippen LogP contribution in [-0.4, -0.2) is 11.4 Å². The first-order chi connectivity index (χ1) is 11.4. The maximum atomic E-state index is 5.36. The van der Waals surface area contributed by atoms with Crippen LogP contribution in [0, 0.1) is 0 Å². The first-order valence-electron chi connectivity index (χ1n) is 8.12. The van der Waals surface area contributed by atoms with Crippen molar-refractivity contribution in [2.75, 3.05) is 6.26 Å². The monoisotopic (exact) mass is 374 g/mol. The Morgan fingerprint density at radius 3 is 1.72 bits per heavy atom. The van der Waals surface area contributed by atoms with Gasteiger partial charge in [-0.1, -0.05) is 64.6 Å². The highest BCUT2D eigenvalue weighted by atomic mass is 32.2. The Balaban J connectivity index is 0.00000312. The molecule has 0 heterocycles. The molecule has 0 bridgehead atoms. The van der Waals surface area contributed by atoms with Crippen LogP contribution in [-0.2, 0) is 18.5 Å². The van der Waals surface area contributed by atoms with E-state index in [2.05, 4.69) is 86.2 Å². The second-order valence-electron chi connectivity index (χ2n) is 6.83. The number of benzene rings is 2. The van der Waals surface area contributed by atoms with Gasteiger partial charge in [0.25, 0.3) is 0 Å². The summed E-state index contributed by atoms with van der Waals surface area (Å²) in [7, 11) is 0. The van der Waals surface area contributed by atoms with Crippen LogP contribution in [0.4, 0.5) is 0 Å². The Hall–Kier alpha value is -1.52. The van der Waals surface area contributed by atoms with E-state index in [-0.39, 0.29) is 12.8 Å². The van der Waals surface area contributed by atoms with Crippen LogP contribution in [0.3, 0.4) is 0 Å². The Kier molecular flexibility index (Phi) is 8.46. The molecule has 2 aromatic rings. The quantitative estimate of drug-likeness (QED) is 0.532. The second kappa shape index (κ2) is 9.83. The first kappa shape index (κ1) is 21.5. The van der Waals surface area contributed by atoms with Crippen LogP contribution in [0.25, 0.3) is 0 Å². The summed E-state index contributed by atoms with van der Waals surface area (Å²) in [6.07, 6.45) is 2.08. The number of thioether (sulfide) groups is 1. The van der Waals surface area contributed by atoms with E-state index >= 15 is 0 Å². The Bertz CT molecular complexity index is 656. The van der Waals surface area contributed by atoms with Crippen molar-refractivity contribution in [3.8, 4) is 0 Å². The normalized spacial score (nSPS) is 10.7. The van der Waals surface area contributed by atoms with Crippen molar-refractivity contribution in [1.82, 2.24) is 10.6 Å².